The molecule has 0 spiro atoms. The van der Waals surface area contributed by atoms with E-state index in [1.165, 1.54) is 0 Å². The van der Waals surface area contributed by atoms with Crippen LogP contribution in [0.4, 0.5) is 0 Å². The Morgan fingerprint density at radius 2 is 2.06 bits per heavy atom. The molecule has 17 heavy (non-hydrogen) atoms. The lowest BCUT2D eigenvalue weighted by Crippen LogP contribution is -2.27. The van der Waals surface area contributed by atoms with Crippen LogP contribution in [0, 0.1) is 11.8 Å². The fraction of sp³-hybridized carbons (Fsp3) is 0.231. The number of nitrogens with one attached hydrogen (secondary N) is 1. The predicted octanol–water partition coefficient (Wildman–Crippen LogP) is 1.55. The molecular formula is C13H14N4. The molecule has 1 unspecified atom stereocenters. The number of hydrogen-bond donors (Lipinski definition) is 2. The van der Waals surface area contributed by atoms with Crippen LogP contribution < -0.4 is 11.3 Å². The Labute approximate surface area is 100 Å². The zero-order valence-electron chi connectivity index (χ0n) is 9.64. The summed E-state index contributed by atoms with van der Waals surface area (Å²) in [5.41, 5.74) is 5.59. The minimum Gasteiger partial charge on any atom is -0.271 e. The molecular weight excluding hydrogens is 212 g/mol. The molecule has 0 bridgehead atoms. The molecule has 86 valence electrons. The molecule has 2 aromatic rings. The van der Waals surface area contributed by atoms with Gasteiger partial charge < -0.3 is 0 Å². The van der Waals surface area contributed by atoms with Gasteiger partial charge in [0, 0.05) is 18.8 Å². The maximum absolute atomic E-state index is 5.54. The average Bonchev–Trinajstić information content (AvgIpc) is 2.39. The minimum atomic E-state index is 0.0221. The minimum absolute atomic E-state index is 0.0221. The van der Waals surface area contributed by atoms with E-state index < -0.39 is 0 Å². The highest BCUT2D eigenvalue weighted by Crippen LogP contribution is 2.19. The fourth-order valence-corrected chi connectivity index (χ4v) is 1.67. The molecule has 0 aliphatic heterocycles. The van der Waals surface area contributed by atoms with E-state index in [-0.39, 0.29) is 6.04 Å². The van der Waals surface area contributed by atoms with Gasteiger partial charge in [-0.2, -0.15) is 0 Å². The molecule has 2 rings (SSSR count). The third-order valence-electron chi connectivity index (χ3n) is 2.58. The summed E-state index contributed by atoms with van der Waals surface area (Å²) in [6.07, 6.45) is 4.05. The van der Waals surface area contributed by atoms with Gasteiger partial charge >= 0.3 is 0 Å². The average molecular weight is 226 g/mol. The lowest BCUT2D eigenvalue weighted by atomic mass is 10.0. The van der Waals surface area contributed by atoms with Gasteiger partial charge in [0.25, 0.3) is 0 Å². The molecule has 1 aromatic heterocycles. The second kappa shape index (κ2) is 5.39. The van der Waals surface area contributed by atoms with Crippen molar-refractivity contribution >= 4 is 11.0 Å². The van der Waals surface area contributed by atoms with E-state index in [9.17, 15) is 0 Å². The molecule has 0 aliphatic carbocycles. The van der Waals surface area contributed by atoms with Crippen molar-refractivity contribution in [3.8, 4) is 11.8 Å². The summed E-state index contributed by atoms with van der Waals surface area (Å²) in [5.74, 6) is 11.4. The molecule has 4 heteroatoms. The molecule has 1 heterocycles. The first-order chi connectivity index (χ1) is 8.35. The van der Waals surface area contributed by atoms with Crippen molar-refractivity contribution in [2.75, 3.05) is 0 Å². The maximum Gasteiger partial charge on any atom is 0.0890 e. The molecule has 0 saturated carbocycles. The van der Waals surface area contributed by atoms with Gasteiger partial charge in [-0.3, -0.25) is 21.2 Å². The van der Waals surface area contributed by atoms with Gasteiger partial charge in [0.05, 0.1) is 17.1 Å². The van der Waals surface area contributed by atoms with Crippen LogP contribution in [-0.2, 0) is 0 Å². The van der Waals surface area contributed by atoms with Crippen molar-refractivity contribution in [1.29, 1.82) is 0 Å². The summed E-state index contributed by atoms with van der Waals surface area (Å²) in [6.45, 7) is 1.82. The summed E-state index contributed by atoms with van der Waals surface area (Å²) in [5, 5.41) is 0. The van der Waals surface area contributed by atoms with Crippen LogP contribution in [0.25, 0.3) is 11.0 Å². The van der Waals surface area contributed by atoms with Gasteiger partial charge in [-0.05, 0) is 24.6 Å². The zero-order chi connectivity index (χ0) is 12.1. The lowest BCUT2D eigenvalue weighted by Gasteiger charge is -2.13. The lowest BCUT2D eigenvalue weighted by molar-refractivity contribution is 0.568. The second-order valence-corrected chi connectivity index (χ2v) is 3.65. The van der Waals surface area contributed by atoms with Gasteiger partial charge in [-0.25, -0.2) is 0 Å². The standard InChI is InChI=1S/C13H14N4/c1-2-3-4-11(17-14)10-5-6-12-13(9-10)16-8-7-15-12/h5-9,11,17H,4,14H2,1H3. The summed E-state index contributed by atoms with van der Waals surface area (Å²) >= 11 is 0. The highest BCUT2D eigenvalue weighted by atomic mass is 15.2. The van der Waals surface area contributed by atoms with E-state index in [4.69, 9.17) is 5.84 Å². The molecule has 0 aliphatic rings. The molecule has 0 amide bonds. The normalized spacial score (nSPS) is 11.9. The van der Waals surface area contributed by atoms with Gasteiger partial charge in [-0.1, -0.05) is 6.07 Å². The number of fused-ring (bicyclic) bond motifs is 1. The van der Waals surface area contributed by atoms with Gasteiger partial charge in [-0.15, -0.1) is 11.8 Å². The van der Waals surface area contributed by atoms with E-state index in [1.54, 1.807) is 12.4 Å². The number of aromatic nitrogens is 2. The van der Waals surface area contributed by atoms with Crippen molar-refractivity contribution in [2.45, 2.75) is 19.4 Å². The van der Waals surface area contributed by atoms with E-state index in [0.717, 1.165) is 16.6 Å². The van der Waals surface area contributed by atoms with Gasteiger partial charge in [0.2, 0.25) is 0 Å². The largest absolute Gasteiger partial charge is 0.271 e. The van der Waals surface area contributed by atoms with E-state index in [0.29, 0.717) is 6.42 Å². The van der Waals surface area contributed by atoms with Crippen molar-refractivity contribution in [2.24, 2.45) is 5.84 Å². The topological polar surface area (TPSA) is 63.8 Å². The van der Waals surface area contributed by atoms with Crippen molar-refractivity contribution in [1.82, 2.24) is 15.4 Å². The van der Waals surface area contributed by atoms with Crippen LogP contribution in [0.5, 0.6) is 0 Å². The first-order valence-corrected chi connectivity index (χ1v) is 5.41. The highest BCUT2D eigenvalue weighted by Gasteiger charge is 2.09. The third kappa shape index (κ3) is 2.59. The SMILES string of the molecule is CC#CCC(NN)c1ccc2nccnc2c1. The summed E-state index contributed by atoms with van der Waals surface area (Å²) < 4.78 is 0. The number of hydrogen-bond acceptors (Lipinski definition) is 4. The van der Waals surface area contributed by atoms with E-state index in [2.05, 4.69) is 27.2 Å². The Morgan fingerprint density at radius 1 is 1.29 bits per heavy atom. The van der Waals surface area contributed by atoms with Crippen LogP contribution >= 0.6 is 0 Å². The number of nitrogens with two attached hydrogens (primary N) is 1. The highest BCUT2D eigenvalue weighted by molar-refractivity contribution is 5.74. The van der Waals surface area contributed by atoms with Crippen molar-refractivity contribution in [3.63, 3.8) is 0 Å². The number of rotatable bonds is 3. The van der Waals surface area contributed by atoms with Gasteiger partial charge in [0.1, 0.15) is 0 Å². The number of hydrazine groups is 1. The quantitative estimate of drug-likeness (QED) is 0.473. The smallest absolute Gasteiger partial charge is 0.0890 e. The van der Waals surface area contributed by atoms with Crippen LogP contribution in [0.2, 0.25) is 0 Å². The third-order valence-corrected chi connectivity index (χ3v) is 2.58. The Bertz CT molecular complexity index is 568. The second-order valence-electron chi connectivity index (χ2n) is 3.65. The molecule has 1 atom stereocenters. The number of nitrogens with zero attached hydrogens (tertiary/aromatic N) is 2. The summed E-state index contributed by atoms with van der Waals surface area (Å²) in [4.78, 5) is 8.50. The predicted molar refractivity (Wildman–Crippen MR) is 67.7 cm³/mol. The van der Waals surface area contributed by atoms with E-state index in [1.807, 2.05) is 25.1 Å². The van der Waals surface area contributed by atoms with Crippen LogP contribution in [0.3, 0.4) is 0 Å². The molecule has 0 saturated heterocycles. The Balaban J connectivity index is 2.35. The van der Waals surface area contributed by atoms with Gasteiger partial charge in [0.15, 0.2) is 0 Å². The summed E-state index contributed by atoms with van der Waals surface area (Å²) in [7, 11) is 0. The summed E-state index contributed by atoms with van der Waals surface area (Å²) in [6, 6.07) is 5.96. The fourth-order valence-electron chi connectivity index (χ4n) is 1.67. The number of benzene rings is 1. The zero-order valence-corrected chi connectivity index (χ0v) is 9.64. The van der Waals surface area contributed by atoms with Crippen LogP contribution in [-0.4, -0.2) is 9.97 Å². The Hall–Kier alpha value is -1.96. The van der Waals surface area contributed by atoms with Crippen molar-refractivity contribution < 1.29 is 0 Å². The Kier molecular flexibility index (Phi) is 3.66. The molecule has 0 radical (unpaired) electrons. The first-order valence-electron chi connectivity index (χ1n) is 5.41. The molecule has 3 N–H and O–H groups in total. The monoisotopic (exact) mass is 226 g/mol. The van der Waals surface area contributed by atoms with Crippen molar-refractivity contribution in [3.05, 3.63) is 36.2 Å². The van der Waals surface area contributed by atoms with Crippen LogP contribution in [0.15, 0.2) is 30.6 Å². The first kappa shape index (κ1) is 11.5. The van der Waals surface area contributed by atoms with Crippen LogP contribution in [0.1, 0.15) is 24.9 Å². The molecule has 1 aromatic carbocycles. The maximum atomic E-state index is 5.54. The molecule has 0 fully saturated rings. The van der Waals surface area contributed by atoms with E-state index >= 15 is 0 Å². The Morgan fingerprint density at radius 3 is 2.76 bits per heavy atom. The molecule has 4 nitrogen and oxygen atoms in total.